The van der Waals surface area contributed by atoms with Gasteiger partial charge in [-0.25, -0.2) is 4.39 Å². The Hall–Kier alpha value is -1.23. The van der Waals surface area contributed by atoms with E-state index in [9.17, 15) is 9.18 Å². The Balaban J connectivity index is 2.07. The van der Waals surface area contributed by atoms with Crippen molar-refractivity contribution >= 4 is 17.7 Å². The fourth-order valence-corrected chi connectivity index (χ4v) is 1.92. The molecule has 0 aliphatic heterocycles. The standard InChI is InChI=1S/C15H21FO3S/c1-15(2,3)20-11-14(17)19-10-4-9-18-13-7-5-12(16)6-8-13/h5-8H,4,9-11H2,1-3H3. The molecule has 0 saturated heterocycles. The van der Waals surface area contributed by atoms with E-state index in [0.29, 0.717) is 31.1 Å². The van der Waals surface area contributed by atoms with Crippen molar-refractivity contribution in [2.75, 3.05) is 19.0 Å². The van der Waals surface area contributed by atoms with Crippen LogP contribution >= 0.6 is 11.8 Å². The van der Waals surface area contributed by atoms with Gasteiger partial charge >= 0.3 is 5.97 Å². The molecule has 0 amide bonds. The Morgan fingerprint density at radius 2 is 1.85 bits per heavy atom. The van der Waals surface area contributed by atoms with E-state index in [1.807, 2.05) is 0 Å². The normalized spacial score (nSPS) is 11.2. The first-order chi connectivity index (χ1) is 9.37. The molecule has 0 aromatic heterocycles. The predicted molar refractivity (Wildman–Crippen MR) is 79.7 cm³/mol. The number of halogens is 1. The molecular formula is C15H21FO3S. The quantitative estimate of drug-likeness (QED) is 0.568. The van der Waals surface area contributed by atoms with Crippen molar-refractivity contribution in [2.24, 2.45) is 0 Å². The predicted octanol–water partition coefficient (Wildman–Crippen LogP) is 3.67. The molecule has 1 aromatic carbocycles. The van der Waals surface area contributed by atoms with Crippen LogP contribution in [-0.2, 0) is 9.53 Å². The molecule has 1 aromatic rings. The average molecular weight is 300 g/mol. The second-order valence-corrected chi connectivity index (χ2v) is 7.08. The van der Waals surface area contributed by atoms with Gasteiger partial charge in [0.2, 0.25) is 0 Å². The molecule has 0 radical (unpaired) electrons. The van der Waals surface area contributed by atoms with Crippen LogP contribution < -0.4 is 4.74 Å². The Bertz CT molecular complexity index is 412. The summed E-state index contributed by atoms with van der Waals surface area (Å²) < 4.78 is 23.2. The van der Waals surface area contributed by atoms with Crippen LogP contribution in [0.3, 0.4) is 0 Å². The molecule has 20 heavy (non-hydrogen) atoms. The third-order valence-corrected chi connectivity index (χ3v) is 3.50. The van der Waals surface area contributed by atoms with Crippen LogP contribution in [0.15, 0.2) is 24.3 Å². The van der Waals surface area contributed by atoms with E-state index < -0.39 is 0 Å². The van der Waals surface area contributed by atoms with Gasteiger partial charge in [-0.05, 0) is 24.3 Å². The number of ether oxygens (including phenoxy) is 2. The van der Waals surface area contributed by atoms with Crippen LogP contribution in [0.25, 0.3) is 0 Å². The van der Waals surface area contributed by atoms with Crippen molar-refractivity contribution < 1.29 is 18.7 Å². The van der Waals surface area contributed by atoms with E-state index >= 15 is 0 Å². The monoisotopic (exact) mass is 300 g/mol. The maximum absolute atomic E-state index is 12.7. The van der Waals surface area contributed by atoms with E-state index in [4.69, 9.17) is 9.47 Å². The van der Waals surface area contributed by atoms with E-state index in [-0.39, 0.29) is 16.5 Å². The molecule has 0 N–H and O–H groups in total. The number of hydrogen-bond acceptors (Lipinski definition) is 4. The second-order valence-electron chi connectivity index (χ2n) is 5.28. The third-order valence-electron chi connectivity index (χ3n) is 2.26. The van der Waals surface area contributed by atoms with Gasteiger partial charge in [0.15, 0.2) is 0 Å². The van der Waals surface area contributed by atoms with Crippen LogP contribution in [-0.4, -0.2) is 29.7 Å². The van der Waals surface area contributed by atoms with Crippen LogP contribution in [0.5, 0.6) is 5.75 Å². The maximum atomic E-state index is 12.7. The SMILES string of the molecule is CC(C)(C)SCC(=O)OCCCOc1ccc(F)cc1. The van der Waals surface area contributed by atoms with Crippen molar-refractivity contribution in [3.05, 3.63) is 30.1 Å². The van der Waals surface area contributed by atoms with Gasteiger partial charge < -0.3 is 9.47 Å². The molecular weight excluding hydrogens is 279 g/mol. The Morgan fingerprint density at radius 1 is 1.20 bits per heavy atom. The maximum Gasteiger partial charge on any atom is 0.315 e. The number of esters is 1. The van der Waals surface area contributed by atoms with Crippen molar-refractivity contribution in [3.8, 4) is 5.75 Å². The van der Waals surface area contributed by atoms with Crippen LogP contribution in [0.4, 0.5) is 4.39 Å². The van der Waals surface area contributed by atoms with Crippen molar-refractivity contribution in [1.82, 2.24) is 0 Å². The molecule has 5 heteroatoms. The highest BCUT2D eigenvalue weighted by atomic mass is 32.2. The number of carbonyl (C=O) groups excluding carboxylic acids is 1. The zero-order chi connectivity index (χ0) is 15.0. The van der Waals surface area contributed by atoms with Crippen LogP contribution in [0.1, 0.15) is 27.2 Å². The number of hydrogen-bond donors (Lipinski definition) is 0. The molecule has 0 unspecified atom stereocenters. The van der Waals surface area contributed by atoms with Crippen molar-refractivity contribution in [2.45, 2.75) is 31.9 Å². The van der Waals surface area contributed by atoms with Crippen molar-refractivity contribution in [3.63, 3.8) is 0 Å². The summed E-state index contributed by atoms with van der Waals surface area (Å²) in [6.45, 7) is 6.94. The number of benzene rings is 1. The van der Waals surface area contributed by atoms with E-state index in [1.54, 1.807) is 23.9 Å². The number of thioether (sulfide) groups is 1. The minimum Gasteiger partial charge on any atom is -0.493 e. The molecule has 0 aliphatic rings. The minimum atomic E-state index is -0.289. The highest BCUT2D eigenvalue weighted by Crippen LogP contribution is 2.22. The van der Waals surface area contributed by atoms with Gasteiger partial charge in [-0.3, -0.25) is 4.79 Å². The number of rotatable bonds is 7. The first-order valence-electron chi connectivity index (χ1n) is 6.55. The lowest BCUT2D eigenvalue weighted by Crippen LogP contribution is -2.16. The summed E-state index contributed by atoms with van der Waals surface area (Å²) in [5, 5.41) is 0. The lowest BCUT2D eigenvalue weighted by molar-refractivity contribution is -0.140. The van der Waals surface area contributed by atoms with E-state index in [2.05, 4.69) is 20.8 Å². The summed E-state index contributed by atoms with van der Waals surface area (Å²) in [5.74, 6) is 0.484. The van der Waals surface area contributed by atoms with Gasteiger partial charge in [-0.1, -0.05) is 20.8 Å². The highest BCUT2D eigenvalue weighted by molar-refractivity contribution is 8.01. The molecule has 112 valence electrons. The van der Waals surface area contributed by atoms with Gasteiger partial charge in [-0.2, -0.15) is 0 Å². The lowest BCUT2D eigenvalue weighted by Gasteiger charge is -2.16. The van der Waals surface area contributed by atoms with Gasteiger partial charge in [0.05, 0.1) is 19.0 Å². The van der Waals surface area contributed by atoms with Gasteiger partial charge in [0.25, 0.3) is 0 Å². The molecule has 0 bridgehead atoms. The molecule has 0 aliphatic carbocycles. The molecule has 0 heterocycles. The van der Waals surface area contributed by atoms with Gasteiger partial charge in [-0.15, -0.1) is 11.8 Å². The zero-order valence-electron chi connectivity index (χ0n) is 12.1. The fourth-order valence-electron chi connectivity index (χ4n) is 1.28. The summed E-state index contributed by atoms with van der Waals surface area (Å²) in [5.41, 5.74) is 0. The number of carbonyl (C=O) groups is 1. The summed E-state index contributed by atoms with van der Waals surface area (Å²) in [6.07, 6.45) is 0.614. The molecule has 0 fully saturated rings. The van der Waals surface area contributed by atoms with E-state index in [0.717, 1.165) is 0 Å². The molecule has 1 rings (SSSR count). The molecule has 0 atom stereocenters. The average Bonchev–Trinajstić information content (AvgIpc) is 2.37. The Morgan fingerprint density at radius 3 is 2.45 bits per heavy atom. The fraction of sp³-hybridized carbons (Fsp3) is 0.533. The van der Waals surface area contributed by atoms with Crippen LogP contribution in [0.2, 0.25) is 0 Å². The summed E-state index contributed by atoms with van der Waals surface area (Å²) in [4.78, 5) is 11.4. The Kier molecular flexibility index (Phi) is 6.85. The summed E-state index contributed by atoms with van der Waals surface area (Å²) in [7, 11) is 0. The van der Waals surface area contributed by atoms with Crippen molar-refractivity contribution in [1.29, 1.82) is 0 Å². The van der Waals surface area contributed by atoms with Gasteiger partial charge in [0.1, 0.15) is 11.6 Å². The minimum absolute atomic E-state index is 0.0602. The topological polar surface area (TPSA) is 35.5 Å². The highest BCUT2D eigenvalue weighted by Gasteiger charge is 2.13. The largest absolute Gasteiger partial charge is 0.493 e. The Labute approximate surface area is 123 Å². The molecule has 0 saturated carbocycles. The van der Waals surface area contributed by atoms with Crippen LogP contribution in [0, 0.1) is 5.82 Å². The molecule has 0 spiro atoms. The molecule has 3 nitrogen and oxygen atoms in total. The second kappa shape index (κ2) is 8.15. The zero-order valence-corrected chi connectivity index (χ0v) is 13.0. The smallest absolute Gasteiger partial charge is 0.315 e. The van der Waals surface area contributed by atoms with E-state index in [1.165, 1.54) is 12.1 Å². The third kappa shape index (κ3) is 8.04. The first kappa shape index (κ1) is 16.8. The first-order valence-corrected chi connectivity index (χ1v) is 7.53. The summed E-state index contributed by atoms with van der Waals surface area (Å²) >= 11 is 1.56. The lowest BCUT2D eigenvalue weighted by atomic mass is 10.3. The summed E-state index contributed by atoms with van der Waals surface area (Å²) in [6, 6.07) is 5.83. The van der Waals surface area contributed by atoms with Gasteiger partial charge in [0, 0.05) is 11.2 Å².